The summed E-state index contributed by atoms with van der Waals surface area (Å²) >= 11 is 1.79. The molecule has 0 aliphatic carbocycles. The number of thiophene rings is 1. The van der Waals surface area contributed by atoms with Crippen LogP contribution >= 0.6 is 11.3 Å². The number of ether oxygens (including phenoxy) is 1. The van der Waals surface area contributed by atoms with Crippen LogP contribution in [0.25, 0.3) is 10.9 Å². The van der Waals surface area contributed by atoms with Gasteiger partial charge in [0.05, 0.1) is 12.8 Å². The molecule has 0 amide bonds. The maximum absolute atomic E-state index is 5.38. The topological polar surface area (TPSA) is 34.1 Å². The van der Waals surface area contributed by atoms with Crippen LogP contribution in [0.2, 0.25) is 0 Å². The van der Waals surface area contributed by atoms with E-state index in [0.29, 0.717) is 0 Å². The molecule has 1 aromatic carbocycles. The lowest BCUT2D eigenvalue weighted by Crippen LogP contribution is -2.13. The highest BCUT2D eigenvalue weighted by molar-refractivity contribution is 7.10. The van der Waals surface area contributed by atoms with Crippen molar-refractivity contribution in [1.29, 1.82) is 0 Å². The van der Waals surface area contributed by atoms with E-state index in [9.17, 15) is 0 Å². The first-order valence-corrected chi connectivity index (χ1v) is 7.82. The Kier molecular flexibility index (Phi) is 4.18. The van der Waals surface area contributed by atoms with E-state index in [1.165, 1.54) is 10.4 Å². The van der Waals surface area contributed by atoms with Gasteiger partial charge in [0.25, 0.3) is 0 Å². The van der Waals surface area contributed by atoms with Crippen LogP contribution in [0.5, 0.6) is 5.75 Å². The van der Waals surface area contributed by atoms with Crippen molar-refractivity contribution in [3.63, 3.8) is 0 Å². The fourth-order valence-corrected chi connectivity index (χ4v) is 3.19. The third kappa shape index (κ3) is 3.06. The van der Waals surface area contributed by atoms with E-state index in [1.807, 2.05) is 12.1 Å². The van der Waals surface area contributed by atoms with E-state index >= 15 is 0 Å². The van der Waals surface area contributed by atoms with Crippen molar-refractivity contribution in [1.82, 2.24) is 10.3 Å². The summed E-state index contributed by atoms with van der Waals surface area (Å²) in [7, 11) is 1.68. The predicted molar refractivity (Wildman–Crippen MR) is 87.9 cm³/mol. The Labute approximate surface area is 128 Å². The summed E-state index contributed by atoms with van der Waals surface area (Å²) in [5.41, 5.74) is 3.30. The maximum Gasteiger partial charge on any atom is 0.145 e. The Hall–Kier alpha value is -1.91. The van der Waals surface area contributed by atoms with Gasteiger partial charge in [-0.1, -0.05) is 18.2 Å². The molecule has 0 radical (unpaired) electrons. The number of nitrogens with one attached hydrogen (secondary N) is 1. The number of pyridine rings is 1. The molecule has 0 bridgehead atoms. The zero-order chi connectivity index (χ0) is 14.7. The smallest absolute Gasteiger partial charge is 0.145 e. The van der Waals surface area contributed by atoms with Crippen LogP contribution in [0.15, 0.2) is 41.8 Å². The number of methoxy groups -OCH3 is 1. The molecule has 2 heterocycles. The molecule has 2 aromatic heterocycles. The van der Waals surface area contributed by atoms with Gasteiger partial charge in [-0.2, -0.15) is 0 Å². The van der Waals surface area contributed by atoms with Gasteiger partial charge in [-0.3, -0.25) is 0 Å². The van der Waals surface area contributed by atoms with Crippen molar-refractivity contribution in [2.45, 2.75) is 20.0 Å². The summed E-state index contributed by atoms with van der Waals surface area (Å²) < 4.78 is 5.38. The molecule has 0 fully saturated rings. The van der Waals surface area contributed by atoms with Gasteiger partial charge in [0.1, 0.15) is 11.3 Å². The number of benzene rings is 1. The first-order valence-electron chi connectivity index (χ1n) is 6.94. The molecule has 0 saturated carbocycles. The zero-order valence-electron chi connectivity index (χ0n) is 12.2. The first-order chi connectivity index (χ1) is 10.3. The number of nitrogens with zero attached hydrogens (tertiary/aromatic N) is 1. The van der Waals surface area contributed by atoms with Crippen LogP contribution in [0, 0.1) is 6.92 Å². The molecule has 21 heavy (non-hydrogen) atoms. The van der Waals surface area contributed by atoms with E-state index in [0.717, 1.165) is 35.4 Å². The second-order valence-electron chi connectivity index (χ2n) is 4.96. The van der Waals surface area contributed by atoms with Crippen molar-refractivity contribution < 1.29 is 4.74 Å². The zero-order valence-corrected chi connectivity index (χ0v) is 13.0. The van der Waals surface area contributed by atoms with Gasteiger partial charge in [0.2, 0.25) is 0 Å². The number of para-hydroxylation sites is 1. The highest BCUT2D eigenvalue weighted by Gasteiger charge is 2.04. The molecule has 3 nitrogen and oxygen atoms in total. The number of rotatable bonds is 5. The molecular weight excluding hydrogens is 280 g/mol. The van der Waals surface area contributed by atoms with Crippen LogP contribution in [0.1, 0.15) is 16.1 Å². The van der Waals surface area contributed by atoms with Crippen LogP contribution < -0.4 is 10.1 Å². The quantitative estimate of drug-likeness (QED) is 0.775. The molecule has 1 N–H and O–H groups in total. The van der Waals surface area contributed by atoms with Crippen molar-refractivity contribution >= 4 is 22.2 Å². The predicted octanol–water partition coefficient (Wildman–Crippen LogP) is 3.90. The SMILES string of the molecule is COc1cccc2ccc(CNCc3sccc3C)nc12. The van der Waals surface area contributed by atoms with Gasteiger partial charge in [-0.25, -0.2) is 4.98 Å². The molecule has 3 rings (SSSR count). The van der Waals surface area contributed by atoms with Gasteiger partial charge in [-0.15, -0.1) is 11.3 Å². The molecule has 108 valence electrons. The fourth-order valence-electron chi connectivity index (χ4n) is 2.31. The minimum Gasteiger partial charge on any atom is -0.494 e. The summed E-state index contributed by atoms with van der Waals surface area (Å²) in [6, 6.07) is 12.3. The maximum atomic E-state index is 5.38. The summed E-state index contributed by atoms with van der Waals surface area (Å²) in [5, 5.41) is 6.69. The van der Waals surface area contributed by atoms with E-state index in [4.69, 9.17) is 9.72 Å². The van der Waals surface area contributed by atoms with Crippen LogP contribution in [-0.4, -0.2) is 12.1 Å². The van der Waals surface area contributed by atoms with Crippen molar-refractivity contribution in [3.05, 3.63) is 57.9 Å². The number of aromatic nitrogens is 1. The second-order valence-corrected chi connectivity index (χ2v) is 5.97. The lowest BCUT2D eigenvalue weighted by Gasteiger charge is -2.08. The normalized spacial score (nSPS) is 11.0. The number of hydrogen-bond acceptors (Lipinski definition) is 4. The number of fused-ring (bicyclic) bond motifs is 1. The molecule has 0 saturated heterocycles. The van der Waals surface area contributed by atoms with Crippen LogP contribution in [0.3, 0.4) is 0 Å². The average molecular weight is 298 g/mol. The van der Waals surface area contributed by atoms with Crippen molar-refractivity contribution in [3.8, 4) is 5.75 Å². The van der Waals surface area contributed by atoms with Gasteiger partial charge in [0, 0.05) is 23.4 Å². The second kappa shape index (κ2) is 6.24. The average Bonchev–Trinajstić information content (AvgIpc) is 2.92. The summed E-state index contributed by atoms with van der Waals surface area (Å²) in [5.74, 6) is 0.823. The lowest BCUT2D eigenvalue weighted by atomic mass is 10.2. The first kappa shape index (κ1) is 14.0. The van der Waals surface area contributed by atoms with Crippen molar-refractivity contribution in [2.75, 3.05) is 7.11 Å². The third-order valence-electron chi connectivity index (χ3n) is 3.52. The Morgan fingerprint density at radius 1 is 1.14 bits per heavy atom. The van der Waals surface area contributed by atoms with Gasteiger partial charge in [0.15, 0.2) is 0 Å². The summed E-state index contributed by atoms with van der Waals surface area (Å²) in [6.45, 7) is 3.78. The molecule has 0 spiro atoms. The monoisotopic (exact) mass is 298 g/mol. The van der Waals surface area contributed by atoms with Crippen molar-refractivity contribution in [2.24, 2.45) is 0 Å². The molecule has 4 heteroatoms. The van der Waals surface area contributed by atoms with Gasteiger partial charge >= 0.3 is 0 Å². The third-order valence-corrected chi connectivity index (χ3v) is 4.54. The minimum absolute atomic E-state index is 0.755. The highest BCUT2D eigenvalue weighted by atomic mass is 32.1. The standard InChI is InChI=1S/C17H18N2OS/c1-12-8-9-21-16(12)11-18-10-14-7-6-13-4-3-5-15(20-2)17(13)19-14/h3-9,18H,10-11H2,1-2H3. The summed E-state index contributed by atoms with van der Waals surface area (Å²) in [6.07, 6.45) is 0. The molecule has 0 atom stereocenters. The van der Waals surface area contributed by atoms with Crippen LogP contribution in [-0.2, 0) is 13.1 Å². The molecule has 3 aromatic rings. The number of aryl methyl sites for hydroxylation is 1. The Balaban J connectivity index is 1.74. The number of hydrogen-bond donors (Lipinski definition) is 1. The highest BCUT2D eigenvalue weighted by Crippen LogP contribution is 2.23. The van der Waals surface area contributed by atoms with E-state index in [1.54, 1.807) is 18.4 Å². The Bertz CT molecular complexity index is 751. The lowest BCUT2D eigenvalue weighted by molar-refractivity contribution is 0.418. The van der Waals surface area contributed by atoms with E-state index in [-0.39, 0.29) is 0 Å². The Morgan fingerprint density at radius 3 is 2.81 bits per heavy atom. The molecule has 0 aliphatic heterocycles. The largest absolute Gasteiger partial charge is 0.494 e. The Morgan fingerprint density at radius 2 is 2.05 bits per heavy atom. The molecule has 0 unspecified atom stereocenters. The minimum atomic E-state index is 0.755. The van der Waals surface area contributed by atoms with Gasteiger partial charge < -0.3 is 10.1 Å². The van der Waals surface area contributed by atoms with E-state index in [2.05, 4.69) is 41.9 Å². The fraction of sp³-hybridized carbons (Fsp3) is 0.235. The molecule has 0 aliphatic rings. The van der Waals surface area contributed by atoms with Crippen LogP contribution in [0.4, 0.5) is 0 Å². The van der Waals surface area contributed by atoms with E-state index < -0.39 is 0 Å². The summed E-state index contributed by atoms with van der Waals surface area (Å²) in [4.78, 5) is 6.09. The molecular formula is C17H18N2OS. The van der Waals surface area contributed by atoms with Gasteiger partial charge in [-0.05, 0) is 36.1 Å².